The van der Waals surface area contributed by atoms with Crippen molar-refractivity contribution in [3.05, 3.63) is 30.3 Å². The molecule has 6 nitrogen and oxygen atoms in total. The topological polar surface area (TPSA) is 71.8 Å². The second kappa shape index (κ2) is 7.00. The molecule has 3 rings (SSSR count). The van der Waals surface area contributed by atoms with Crippen LogP contribution in [0.5, 0.6) is 0 Å². The van der Waals surface area contributed by atoms with Crippen LogP contribution in [0.4, 0.5) is 0 Å². The number of fused-ring (bicyclic) bond motifs is 1. The van der Waals surface area contributed by atoms with Crippen LogP contribution >= 0.6 is 0 Å². The maximum Gasteiger partial charge on any atom is 0.274 e. The summed E-state index contributed by atoms with van der Waals surface area (Å²) in [6.45, 7) is 5.94. The zero-order valence-electron chi connectivity index (χ0n) is 13.2. The van der Waals surface area contributed by atoms with E-state index in [0.717, 1.165) is 25.0 Å². The summed E-state index contributed by atoms with van der Waals surface area (Å²) in [5.41, 5.74) is 0.571. The summed E-state index contributed by atoms with van der Waals surface area (Å²) in [6.07, 6.45) is 0.720. The Balaban J connectivity index is 1.58. The molecule has 1 atom stereocenters. The fourth-order valence-corrected chi connectivity index (χ4v) is 3.77. The van der Waals surface area contributed by atoms with E-state index >= 15 is 0 Å². The summed E-state index contributed by atoms with van der Waals surface area (Å²) in [5, 5.41) is 0.737. The Morgan fingerprint density at radius 3 is 2.96 bits per heavy atom. The number of nitrogens with zero attached hydrogens (tertiary/aromatic N) is 1. The number of sulfonamides is 1. The van der Waals surface area contributed by atoms with Gasteiger partial charge in [-0.1, -0.05) is 25.1 Å². The Hall–Kier alpha value is -1.41. The van der Waals surface area contributed by atoms with Gasteiger partial charge in [0.25, 0.3) is 10.0 Å². The number of para-hydroxylation sites is 1. The number of rotatable bonds is 6. The number of nitrogens with one attached hydrogen (secondary N) is 1. The monoisotopic (exact) mass is 338 g/mol. The molecule has 1 N–H and O–H groups in total. The normalized spacial score (nSPS) is 20.1. The molecule has 1 aromatic carbocycles. The van der Waals surface area contributed by atoms with Gasteiger partial charge in [-0.05, 0) is 19.0 Å². The molecule has 7 heteroatoms. The van der Waals surface area contributed by atoms with E-state index in [0.29, 0.717) is 25.2 Å². The van der Waals surface area contributed by atoms with Gasteiger partial charge in [-0.25, -0.2) is 13.1 Å². The molecule has 0 aliphatic carbocycles. The van der Waals surface area contributed by atoms with Crippen molar-refractivity contribution in [3.63, 3.8) is 0 Å². The van der Waals surface area contributed by atoms with Gasteiger partial charge in [0, 0.05) is 31.1 Å². The van der Waals surface area contributed by atoms with Crippen LogP contribution in [-0.4, -0.2) is 52.2 Å². The molecule has 0 saturated carbocycles. The summed E-state index contributed by atoms with van der Waals surface area (Å²) >= 11 is 0. The van der Waals surface area contributed by atoms with E-state index < -0.39 is 10.0 Å². The number of hydrogen-bond acceptors (Lipinski definition) is 5. The predicted molar refractivity (Wildman–Crippen MR) is 87.9 cm³/mol. The highest BCUT2D eigenvalue weighted by Gasteiger charge is 2.22. The number of morpholine rings is 1. The maximum absolute atomic E-state index is 12.3. The number of hydrogen-bond donors (Lipinski definition) is 1. The van der Waals surface area contributed by atoms with E-state index in [2.05, 4.69) is 16.5 Å². The molecule has 2 heterocycles. The Morgan fingerprint density at radius 1 is 1.35 bits per heavy atom. The largest absolute Gasteiger partial charge is 0.443 e. The minimum Gasteiger partial charge on any atom is -0.443 e. The van der Waals surface area contributed by atoms with Gasteiger partial charge in [0.2, 0.25) is 5.09 Å². The lowest BCUT2D eigenvalue weighted by Gasteiger charge is -2.32. The molecule has 2 aromatic rings. The molecule has 0 spiro atoms. The van der Waals surface area contributed by atoms with Crippen LogP contribution in [0.2, 0.25) is 0 Å². The van der Waals surface area contributed by atoms with Gasteiger partial charge in [-0.3, -0.25) is 4.90 Å². The van der Waals surface area contributed by atoms with Gasteiger partial charge < -0.3 is 9.15 Å². The van der Waals surface area contributed by atoms with Gasteiger partial charge in [0.05, 0.1) is 12.7 Å². The summed E-state index contributed by atoms with van der Waals surface area (Å²) < 4.78 is 38.3. The van der Waals surface area contributed by atoms with Crippen LogP contribution < -0.4 is 4.72 Å². The molecule has 0 radical (unpaired) electrons. The van der Waals surface area contributed by atoms with Crippen LogP contribution in [0.15, 0.2) is 39.8 Å². The van der Waals surface area contributed by atoms with E-state index in [1.54, 1.807) is 12.1 Å². The molecular weight excluding hydrogens is 316 g/mol. The average molecular weight is 338 g/mol. The zero-order valence-corrected chi connectivity index (χ0v) is 14.0. The summed E-state index contributed by atoms with van der Waals surface area (Å²) in [5.74, 6) is 0. The molecule has 1 aliphatic heterocycles. The molecule has 0 unspecified atom stereocenters. The molecule has 23 heavy (non-hydrogen) atoms. The second-order valence-corrected chi connectivity index (χ2v) is 7.37. The lowest BCUT2D eigenvalue weighted by Crippen LogP contribution is -2.43. The molecular formula is C16H22N2O4S. The fourth-order valence-electron chi connectivity index (χ4n) is 2.76. The third kappa shape index (κ3) is 3.92. The molecule has 126 valence electrons. The van der Waals surface area contributed by atoms with E-state index in [-0.39, 0.29) is 11.2 Å². The molecule has 0 amide bonds. The smallest absolute Gasteiger partial charge is 0.274 e. The highest BCUT2D eigenvalue weighted by molar-refractivity contribution is 7.89. The Bertz CT molecular complexity index is 723. The zero-order chi connectivity index (χ0) is 16.3. The van der Waals surface area contributed by atoms with Crippen molar-refractivity contribution in [2.24, 2.45) is 0 Å². The van der Waals surface area contributed by atoms with Crippen molar-refractivity contribution in [3.8, 4) is 0 Å². The van der Waals surface area contributed by atoms with Crippen LogP contribution in [0.25, 0.3) is 11.0 Å². The number of ether oxygens (including phenoxy) is 1. The summed E-state index contributed by atoms with van der Waals surface area (Å²) in [4.78, 5) is 2.31. The highest BCUT2D eigenvalue weighted by atomic mass is 32.2. The van der Waals surface area contributed by atoms with Crippen LogP contribution in [0.3, 0.4) is 0 Å². The summed E-state index contributed by atoms with van der Waals surface area (Å²) in [7, 11) is -3.63. The first kappa shape index (κ1) is 16.4. The van der Waals surface area contributed by atoms with Gasteiger partial charge in [-0.2, -0.15) is 0 Å². The van der Waals surface area contributed by atoms with E-state index in [4.69, 9.17) is 9.15 Å². The number of furan rings is 1. The third-order valence-corrected chi connectivity index (χ3v) is 5.41. The molecule has 1 aromatic heterocycles. The first-order valence-electron chi connectivity index (χ1n) is 7.90. The average Bonchev–Trinajstić information content (AvgIpc) is 3.00. The minimum absolute atomic E-state index is 0.0431. The minimum atomic E-state index is -3.63. The summed E-state index contributed by atoms with van der Waals surface area (Å²) in [6, 6.07) is 8.79. The highest BCUT2D eigenvalue weighted by Crippen LogP contribution is 2.22. The van der Waals surface area contributed by atoms with Gasteiger partial charge >= 0.3 is 0 Å². The number of likely N-dealkylation sites (N-methyl/N-ethyl adjacent to an activating group) is 1. The second-order valence-electron chi connectivity index (χ2n) is 5.68. The van der Waals surface area contributed by atoms with Gasteiger partial charge in [0.15, 0.2) is 0 Å². The van der Waals surface area contributed by atoms with Crippen LogP contribution in [-0.2, 0) is 14.8 Å². The molecule has 1 saturated heterocycles. The lowest BCUT2D eigenvalue weighted by molar-refractivity contribution is -0.0292. The predicted octanol–water partition coefficient (Wildman–Crippen LogP) is 1.82. The maximum atomic E-state index is 12.3. The standard InChI is InChI=1S/C16H22N2O4S/c1-2-18-9-10-21-14(12-18)7-8-17-23(19,20)16-11-13-5-3-4-6-15(13)22-16/h3-6,11,14,17H,2,7-10,12H2,1H3/t14-/m1/s1. The quantitative estimate of drug-likeness (QED) is 0.870. The van der Waals surface area contributed by atoms with Gasteiger partial charge in [-0.15, -0.1) is 0 Å². The van der Waals surface area contributed by atoms with E-state index in [9.17, 15) is 8.42 Å². The molecule has 1 fully saturated rings. The Kier molecular flexibility index (Phi) is 5.01. The van der Waals surface area contributed by atoms with Crippen molar-refractivity contribution >= 4 is 21.0 Å². The third-order valence-electron chi connectivity index (χ3n) is 4.10. The van der Waals surface area contributed by atoms with Crippen molar-refractivity contribution in [1.29, 1.82) is 0 Å². The Morgan fingerprint density at radius 2 is 2.17 bits per heavy atom. The first-order chi connectivity index (χ1) is 11.1. The Labute approximate surface area is 136 Å². The van der Waals surface area contributed by atoms with Crippen LogP contribution in [0.1, 0.15) is 13.3 Å². The molecule has 0 bridgehead atoms. The first-order valence-corrected chi connectivity index (χ1v) is 9.39. The van der Waals surface area contributed by atoms with Crippen molar-refractivity contribution in [1.82, 2.24) is 9.62 Å². The van der Waals surface area contributed by atoms with Gasteiger partial charge in [0.1, 0.15) is 5.58 Å². The molecule has 1 aliphatic rings. The lowest BCUT2D eigenvalue weighted by atomic mass is 10.2. The van der Waals surface area contributed by atoms with Crippen molar-refractivity contribution < 1.29 is 17.6 Å². The van der Waals surface area contributed by atoms with Crippen LogP contribution in [0, 0.1) is 0 Å². The fraction of sp³-hybridized carbons (Fsp3) is 0.500. The van der Waals surface area contributed by atoms with E-state index in [1.165, 1.54) is 0 Å². The van der Waals surface area contributed by atoms with Crippen molar-refractivity contribution in [2.75, 3.05) is 32.8 Å². The SMILES string of the molecule is CCN1CCO[C@H](CCNS(=O)(=O)c2cc3ccccc3o2)C1. The number of benzene rings is 1. The van der Waals surface area contributed by atoms with E-state index in [1.807, 2.05) is 18.2 Å². The van der Waals surface area contributed by atoms with Crippen molar-refractivity contribution in [2.45, 2.75) is 24.5 Å².